The van der Waals surface area contributed by atoms with Crippen molar-refractivity contribution in [3.63, 3.8) is 0 Å². The maximum Gasteiger partial charge on any atom is 0.502 e. The second-order valence-electron chi connectivity index (χ2n) is 9.89. The van der Waals surface area contributed by atoms with Crippen LogP contribution in [0.25, 0.3) is 0 Å². The van der Waals surface area contributed by atoms with E-state index in [4.69, 9.17) is 4.42 Å². The lowest BCUT2D eigenvalue weighted by molar-refractivity contribution is -0.458. The molecule has 10 nitrogen and oxygen atoms in total. The summed E-state index contributed by atoms with van der Waals surface area (Å²) in [5.74, 6) is -0.0770. The van der Waals surface area contributed by atoms with Gasteiger partial charge in [0.2, 0.25) is 15.9 Å². The number of urea groups is 1. The van der Waals surface area contributed by atoms with Gasteiger partial charge in [0.15, 0.2) is 11.6 Å². The van der Waals surface area contributed by atoms with Crippen LogP contribution in [0.4, 0.5) is 4.79 Å². The normalized spacial score (nSPS) is 23.1. The van der Waals surface area contributed by atoms with Gasteiger partial charge in [0.05, 0.1) is 15.6 Å². The van der Waals surface area contributed by atoms with E-state index in [-0.39, 0.29) is 17.3 Å². The van der Waals surface area contributed by atoms with E-state index in [2.05, 4.69) is 14.7 Å². The van der Waals surface area contributed by atoms with Crippen molar-refractivity contribution in [2.45, 2.75) is 71.0 Å². The number of aryl methyl sites for hydroxylation is 3. The molecule has 190 valence electrons. The molecule has 1 fully saturated rings. The Labute approximate surface area is 216 Å². The highest BCUT2D eigenvalue weighted by Gasteiger charge is 2.53. The van der Waals surface area contributed by atoms with Crippen LogP contribution in [0.2, 0.25) is 0 Å². The SMILES string of the molecule is Cc1ncc(CN2C(=O)C3C=C(S(=O)(=O)NC4(C)CC4)SC3=[N+](Cc3nc4c(o3)CCCC4)C2=O)s1. The van der Waals surface area contributed by atoms with Crippen molar-refractivity contribution in [3.8, 4) is 0 Å². The number of sulfonamides is 1. The first-order chi connectivity index (χ1) is 17.1. The molecule has 0 spiro atoms. The maximum atomic E-state index is 13.7. The van der Waals surface area contributed by atoms with E-state index >= 15 is 0 Å². The van der Waals surface area contributed by atoms with Crippen LogP contribution in [0.1, 0.15) is 59.8 Å². The molecular weight excluding hydrogens is 522 g/mol. The number of hydrogen-bond donors (Lipinski definition) is 1. The molecule has 4 aliphatic rings. The second-order valence-corrected chi connectivity index (χ2v) is 14.2. The van der Waals surface area contributed by atoms with E-state index in [1.165, 1.54) is 26.9 Å². The van der Waals surface area contributed by atoms with Crippen molar-refractivity contribution in [2.24, 2.45) is 5.92 Å². The molecule has 4 heterocycles. The van der Waals surface area contributed by atoms with Gasteiger partial charge in [-0.05, 0) is 63.8 Å². The van der Waals surface area contributed by atoms with Crippen LogP contribution >= 0.6 is 23.1 Å². The molecular formula is C23H26N5O5S3+. The summed E-state index contributed by atoms with van der Waals surface area (Å²) < 4.78 is 36.4. The summed E-state index contributed by atoms with van der Waals surface area (Å²) >= 11 is 2.37. The van der Waals surface area contributed by atoms with Gasteiger partial charge in [0.25, 0.3) is 0 Å². The number of rotatable bonds is 7. The maximum absolute atomic E-state index is 13.7. The van der Waals surface area contributed by atoms with E-state index < -0.39 is 33.4 Å². The van der Waals surface area contributed by atoms with Gasteiger partial charge in [0.1, 0.15) is 22.5 Å². The first-order valence-electron chi connectivity index (χ1n) is 11.9. The summed E-state index contributed by atoms with van der Waals surface area (Å²) in [6.07, 6.45) is 8.38. The highest BCUT2D eigenvalue weighted by molar-refractivity contribution is 8.27. The summed E-state index contributed by atoms with van der Waals surface area (Å²) in [4.78, 5) is 37.9. The Morgan fingerprint density at radius 3 is 2.75 bits per heavy atom. The van der Waals surface area contributed by atoms with Crippen molar-refractivity contribution in [3.05, 3.63) is 43.7 Å². The Morgan fingerprint density at radius 1 is 1.28 bits per heavy atom. The Kier molecular flexibility index (Phi) is 5.74. The number of amides is 3. The summed E-state index contributed by atoms with van der Waals surface area (Å²) in [5.41, 5.74) is 0.462. The minimum absolute atomic E-state index is 0.0302. The molecule has 0 saturated heterocycles. The first kappa shape index (κ1) is 24.0. The Hall–Kier alpha value is -2.35. The van der Waals surface area contributed by atoms with Gasteiger partial charge in [-0.15, -0.1) is 11.3 Å². The van der Waals surface area contributed by atoms with Gasteiger partial charge in [-0.1, -0.05) is 0 Å². The van der Waals surface area contributed by atoms with Gasteiger partial charge in [-0.3, -0.25) is 0 Å². The zero-order chi connectivity index (χ0) is 25.2. The van der Waals surface area contributed by atoms with Crippen LogP contribution in [-0.2, 0) is 40.7 Å². The average Bonchev–Trinajstić information content (AvgIpc) is 3.21. The number of carbonyl (C=O) groups is 2. The third-order valence-corrected chi connectivity index (χ3v) is 11.1. The summed E-state index contributed by atoms with van der Waals surface area (Å²) in [6.45, 7) is 3.82. The molecule has 3 amide bonds. The Bertz CT molecular complexity index is 1430. The Balaban J connectivity index is 1.37. The van der Waals surface area contributed by atoms with Crippen LogP contribution in [0.15, 0.2) is 20.9 Å². The quantitative estimate of drug-likeness (QED) is 0.524. The Morgan fingerprint density at radius 2 is 2.06 bits per heavy atom. The molecule has 0 bridgehead atoms. The number of hydrogen-bond acceptors (Lipinski definition) is 9. The van der Waals surface area contributed by atoms with Crippen LogP contribution in [-0.4, -0.2) is 50.4 Å². The van der Waals surface area contributed by atoms with Crippen molar-refractivity contribution in [1.29, 1.82) is 0 Å². The van der Waals surface area contributed by atoms with Crippen molar-refractivity contribution in [1.82, 2.24) is 19.6 Å². The van der Waals surface area contributed by atoms with Gasteiger partial charge >= 0.3 is 11.9 Å². The topological polar surface area (TPSA) is 125 Å². The zero-order valence-electron chi connectivity index (χ0n) is 19.9. The van der Waals surface area contributed by atoms with Gasteiger partial charge in [0, 0.05) is 18.2 Å². The molecule has 2 aliphatic carbocycles. The third-order valence-electron chi connectivity index (χ3n) is 6.85. The number of nitrogens with zero attached hydrogens (tertiary/aromatic N) is 4. The fourth-order valence-corrected chi connectivity index (χ4v) is 8.48. The summed E-state index contributed by atoms with van der Waals surface area (Å²) in [5, 5.41) is 1.21. The van der Waals surface area contributed by atoms with E-state index in [0.717, 1.165) is 71.6 Å². The van der Waals surface area contributed by atoms with Crippen LogP contribution in [0.5, 0.6) is 0 Å². The van der Waals surface area contributed by atoms with E-state index in [1.54, 1.807) is 6.20 Å². The minimum Gasteiger partial charge on any atom is -0.441 e. The van der Waals surface area contributed by atoms with Crippen molar-refractivity contribution in [2.75, 3.05) is 0 Å². The molecule has 2 aliphatic heterocycles. The highest BCUT2D eigenvalue weighted by Crippen LogP contribution is 2.42. The number of nitrogens with one attached hydrogen (secondary N) is 1. The monoisotopic (exact) mass is 548 g/mol. The predicted molar refractivity (Wildman–Crippen MR) is 134 cm³/mol. The molecule has 1 saturated carbocycles. The summed E-state index contributed by atoms with van der Waals surface area (Å²) in [7, 11) is -3.83. The fourth-order valence-electron chi connectivity index (χ4n) is 4.65. The lowest BCUT2D eigenvalue weighted by atomic mass is 10.0. The number of imide groups is 1. The molecule has 0 aromatic carbocycles. The number of aromatic nitrogens is 2. The first-order valence-corrected chi connectivity index (χ1v) is 15.1. The average molecular weight is 549 g/mol. The number of oxazole rings is 1. The summed E-state index contributed by atoms with van der Waals surface area (Å²) in [6, 6.07) is -0.518. The predicted octanol–water partition coefficient (Wildman–Crippen LogP) is 3.07. The largest absolute Gasteiger partial charge is 0.502 e. The highest BCUT2D eigenvalue weighted by atomic mass is 32.3. The molecule has 1 unspecified atom stereocenters. The standard InChI is InChI=1S/C23H26N5O5S3/c1-13-24-10-14(34-13)11-27-20(29)15-9-19(36(31,32)26-23(2)7-8-23)35-21(15)28(22(27)30)12-18-25-16-5-3-4-6-17(16)33-18/h9-10,15,26H,3-8,11-12H2,1-2H3/q+1. The zero-order valence-corrected chi connectivity index (χ0v) is 22.4. The smallest absolute Gasteiger partial charge is 0.441 e. The molecule has 2 aromatic rings. The molecule has 0 radical (unpaired) electrons. The second kappa shape index (κ2) is 8.61. The molecule has 1 N–H and O–H groups in total. The van der Waals surface area contributed by atoms with Crippen molar-refractivity contribution < 1.29 is 27.0 Å². The third kappa shape index (κ3) is 4.35. The molecule has 36 heavy (non-hydrogen) atoms. The number of thioether (sulfide) groups is 1. The van der Waals surface area contributed by atoms with Crippen LogP contribution in [0, 0.1) is 12.8 Å². The molecule has 13 heteroatoms. The minimum atomic E-state index is -3.83. The molecule has 2 aromatic heterocycles. The number of carbonyl (C=O) groups excluding carboxylic acids is 2. The van der Waals surface area contributed by atoms with Crippen molar-refractivity contribution >= 4 is 50.1 Å². The van der Waals surface area contributed by atoms with Crippen LogP contribution in [0.3, 0.4) is 0 Å². The molecule has 1 atom stereocenters. The lowest BCUT2D eigenvalue weighted by Crippen LogP contribution is -2.52. The van der Waals surface area contributed by atoms with E-state index in [9.17, 15) is 18.0 Å². The van der Waals surface area contributed by atoms with Crippen LogP contribution < -0.4 is 4.72 Å². The fraction of sp³-hybridized carbons (Fsp3) is 0.522. The van der Waals surface area contributed by atoms with Gasteiger partial charge in [-0.25, -0.2) is 27.9 Å². The van der Waals surface area contributed by atoms with Gasteiger partial charge in [-0.2, -0.15) is 14.3 Å². The number of thiazole rings is 1. The van der Waals surface area contributed by atoms with Gasteiger partial charge < -0.3 is 4.42 Å². The molecule has 6 rings (SSSR count). The van der Waals surface area contributed by atoms with E-state index in [0.29, 0.717) is 10.9 Å². The van der Waals surface area contributed by atoms with E-state index in [1.807, 2.05) is 13.8 Å². The number of fused-ring (bicyclic) bond motifs is 2. The lowest BCUT2D eigenvalue weighted by Gasteiger charge is -2.23.